The zero-order chi connectivity index (χ0) is 9.68. The van der Waals surface area contributed by atoms with E-state index in [0.29, 0.717) is 5.56 Å². The zero-order valence-corrected chi connectivity index (χ0v) is 7.87. The first-order chi connectivity index (χ1) is 6.27. The summed E-state index contributed by atoms with van der Waals surface area (Å²) in [6, 6.07) is 7.47. The summed E-state index contributed by atoms with van der Waals surface area (Å²) in [5, 5.41) is 2.58. The van der Waals surface area contributed by atoms with Crippen LogP contribution < -0.4 is 5.32 Å². The molecular weight excluding hydrogens is 162 g/mol. The van der Waals surface area contributed by atoms with Gasteiger partial charge in [-0.25, -0.2) is 0 Å². The molecule has 0 aliphatic rings. The summed E-state index contributed by atoms with van der Waals surface area (Å²) in [5.41, 5.74) is 1.80. The van der Waals surface area contributed by atoms with Crippen molar-refractivity contribution in [2.24, 2.45) is 0 Å². The number of amides is 1. The van der Waals surface area contributed by atoms with Gasteiger partial charge in [0.1, 0.15) is 0 Å². The fourth-order valence-corrected chi connectivity index (χ4v) is 1.08. The predicted molar refractivity (Wildman–Crippen MR) is 54.5 cm³/mol. The molecule has 0 aliphatic carbocycles. The largest absolute Gasteiger partial charge is 0.355 e. The molecule has 0 bridgehead atoms. The van der Waals surface area contributed by atoms with E-state index in [0.717, 1.165) is 5.56 Å². The van der Waals surface area contributed by atoms with Gasteiger partial charge in [0, 0.05) is 12.6 Å². The molecule has 2 nitrogen and oxygen atoms in total. The van der Waals surface area contributed by atoms with E-state index in [2.05, 4.69) is 5.32 Å². The maximum absolute atomic E-state index is 11.2. The molecule has 0 unspecified atom stereocenters. The standard InChI is InChI=1S/C11H13NO/c1-3-4-9-5-7-10(8-6-9)11(13)12-2/h3-8H,1-2H3,(H,12,13)/b4-3+. The van der Waals surface area contributed by atoms with E-state index >= 15 is 0 Å². The van der Waals surface area contributed by atoms with Crippen LogP contribution >= 0.6 is 0 Å². The molecule has 1 rings (SSSR count). The van der Waals surface area contributed by atoms with Gasteiger partial charge in [0.25, 0.3) is 5.91 Å². The van der Waals surface area contributed by atoms with E-state index in [1.54, 1.807) is 7.05 Å². The molecule has 13 heavy (non-hydrogen) atoms. The van der Waals surface area contributed by atoms with Crippen LogP contribution in [-0.4, -0.2) is 13.0 Å². The lowest BCUT2D eigenvalue weighted by molar-refractivity contribution is 0.0963. The van der Waals surface area contributed by atoms with Crippen molar-refractivity contribution in [3.05, 3.63) is 41.5 Å². The van der Waals surface area contributed by atoms with Crippen LogP contribution in [0.3, 0.4) is 0 Å². The monoisotopic (exact) mass is 175 g/mol. The Bertz CT molecular complexity index is 311. The average molecular weight is 175 g/mol. The maximum atomic E-state index is 11.2. The van der Waals surface area contributed by atoms with Gasteiger partial charge in [0.15, 0.2) is 0 Å². The first-order valence-corrected chi connectivity index (χ1v) is 4.22. The minimum Gasteiger partial charge on any atom is -0.355 e. The average Bonchev–Trinajstić information content (AvgIpc) is 2.18. The molecule has 0 radical (unpaired) electrons. The lowest BCUT2D eigenvalue weighted by Gasteiger charge is -1.99. The molecule has 1 amide bonds. The van der Waals surface area contributed by atoms with Crippen molar-refractivity contribution in [2.45, 2.75) is 6.92 Å². The molecule has 0 spiro atoms. The third-order valence-corrected chi connectivity index (χ3v) is 1.76. The number of nitrogens with one attached hydrogen (secondary N) is 1. The molecule has 1 N–H and O–H groups in total. The molecule has 0 atom stereocenters. The number of hydrogen-bond donors (Lipinski definition) is 1. The maximum Gasteiger partial charge on any atom is 0.251 e. The summed E-state index contributed by atoms with van der Waals surface area (Å²) < 4.78 is 0. The van der Waals surface area contributed by atoms with Gasteiger partial charge in [-0.15, -0.1) is 0 Å². The van der Waals surface area contributed by atoms with Crippen LogP contribution in [0.4, 0.5) is 0 Å². The Morgan fingerprint density at radius 2 is 1.92 bits per heavy atom. The fourth-order valence-electron chi connectivity index (χ4n) is 1.08. The van der Waals surface area contributed by atoms with E-state index in [9.17, 15) is 4.79 Å². The summed E-state index contributed by atoms with van der Waals surface area (Å²) in [6.45, 7) is 1.96. The fraction of sp³-hybridized carbons (Fsp3) is 0.182. The van der Waals surface area contributed by atoms with E-state index in [1.807, 2.05) is 43.3 Å². The summed E-state index contributed by atoms with van der Waals surface area (Å²) >= 11 is 0. The number of rotatable bonds is 2. The normalized spacial score (nSPS) is 10.3. The molecule has 0 aliphatic heterocycles. The van der Waals surface area contributed by atoms with Crippen molar-refractivity contribution in [3.63, 3.8) is 0 Å². The SMILES string of the molecule is C/C=C/c1ccc(C(=O)NC)cc1. The van der Waals surface area contributed by atoms with E-state index in [1.165, 1.54) is 0 Å². The van der Waals surface area contributed by atoms with E-state index < -0.39 is 0 Å². The van der Waals surface area contributed by atoms with Crippen LogP contribution in [0, 0.1) is 0 Å². The van der Waals surface area contributed by atoms with Crippen molar-refractivity contribution < 1.29 is 4.79 Å². The molecule has 0 aromatic heterocycles. The molecule has 0 saturated heterocycles. The zero-order valence-electron chi connectivity index (χ0n) is 7.87. The minimum atomic E-state index is -0.0490. The molecule has 0 heterocycles. The Balaban J connectivity index is 2.87. The number of hydrogen-bond acceptors (Lipinski definition) is 1. The van der Waals surface area contributed by atoms with Gasteiger partial charge in [-0.1, -0.05) is 24.3 Å². The van der Waals surface area contributed by atoms with Crippen LogP contribution in [-0.2, 0) is 0 Å². The van der Waals surface area contributed by atoms with Gasteiger partial charge in [-0.05, 0) is 24.6 Å². The van der Waals surface area contributed by atoms with Crippen LogP contribution in [0.25, 0.3) is 6.08 Å². The van der Waals surface area contributed by atoms with Crippen molar-refractivity contribution in [1.29, 1.82) is 0 Å². The summed E-state index contributed by atoms with van der Waals surface area (Å²) in [4.78, 5) is 11.2. The second-order valence-corrected chi connectivity index (χ2v) is 2.70. The molecule has 0 fully saturated rings. The smallest absolute Gasteiger partial charge is 0.251 e. The van der Waals surface area contributed by atoms with E-state index in [-0.39, 0.29) is 5.91 Å². The Kier molecular flexibility index (Phi) is 3.26. The van der Waals surface area contributed by atoms with E-state index in [4.69, 9.17) is 0 Å². The third kappa shape index (κ3) is 2.44. The highest BCUT2D eigenvalue weighted by molar-refractivity contribution is 5.94. The highest BCUT2D eigenvalue weighted by Crippen LogP contribution is 2.05. The second-order valence-electron chi connectivity index (χ2n) is 2.70. The van der Waals surface area contributed by atoms with Gasteiger partial charge >= 0.3 is 0 Å². The lowest BCUT2D eigenvalue weighted by Crippen LogP contribution is -2.17. The lowest BCUT2D eigenvalue weighted by atomic mass is 10.1. The van der Waals surface area contributed by atoms with Crippen molar-refractivity contribution in [2.75, 3.05) is 7.05 Å². The van der Waals surface area contributed by atoms with Gasteiger partial charge in [0.2, 0.25) is 0 Å². The Hall–Kier alpha value is -1.57. The molecule has 2 heteroatoms. The van der Waals surface area contributed by atoms with Gasteiger partial charge in [0.05, 0.1) is 0 Å². The number of allylic oxidation sites excluding steroid dienone is 1. The van der Waals surface area contributed by atoms with Gasteiger partial charge in [-0.3, -0.25) is 4.79 Å². The van der Waals surface area contributed by atoms with Crippen LogP contribution in [0.5, 0.6) is 0 Å². The van der Waals surface area contributed by atoms with Gasteiger partial charge in [-0.2, -0.15) is 0 Å². The third-order valence-electron chi connectivity index (χ3n) is 1.76. The Morgan fingerprint density at radius 1 is 1.31 bits per heavy atom. The van der Waals surface area contributed by atoms with Crippen molar-refractivity contribution >= 4 is 12.0 Å². The summed E-state index contributed by atoms with van der Waals surface area (Å²) in [5.74, 6) is -0.0490. The molecule has 68 valence electrons. The quantitative estimate of drug-likeness (QED) is 0.732. The second kappa shape index (κ2) is 4.45. The first-order valence-electron chi connectivity index (χ1n) is 4.22. The van der Waals surface area contributed by atoms with Crippen LogP contribution in [0.2, 0.25) is 0 Å². The number of carbonyl (C=O) groups is 1. The molecule has 1 aromatic carbocycles. The first kappa shape index (κ1) is 9.52. The van der Waals surface area contributed by atoms with Gasteiger partial charge < -0.3 is 5.32 Å². The number of benzene rings is 1. The molecule has 1 aromatic rings. The van der Waals surface area contributed by atoms with Crippen LogP contribution in [0.15, 0.2) is 30.3 Å². The highest BCUT2D eigenvalue weighted by Gasteiger charge is 2.00. The van der Waals surface area contributed by atoms with Crippen molar-refractivity contribution in [3.8, 4) is 0 Å². The molecule has 0 saturated carbocycles. The van der Waals surface area contributed by atoms with Crippen molar-refractivity contribution in [1.82, 2.24) is 5.32 Å². The molecular formula is C11H13NO. The Morgan fingerprint density at radius 3 is 2.38 bits per heavy atom. The highest BCUT2D eigenvalue weighted by atomic mass is 16.1. The topological polar surface area (TPSA) is 29.1 Å². The summed E-state index contributed by atoms with van der Waals surface area (Å²) in [7, 11) is 1.63. The van der Waals surface area contributed by atoms with Crippen LogP contribution in [0.1, 0.15) is 22.8 Å². The predicted octanol–water partition coefficient (Wildman–Crippen LogP) is 2.08. The summed E-state index contributed by atoms with van der Waals surface area (Å²) in [6.07, 6.45) is 3.96. The Labute approximate surface area is 78.3 Å². The number of carbonyl (C=O) groups excluding carboxylic acids is 1. The minimum absolute atomic E-state index is 0.0490.